The first kappa shape index (κ1) is 23.0. The van der Waals surface area contributed by atoms with Crippen molar-refractivity contribution in [3.8, 4) is 16.9 Å². The van der Waals surface area contributed by atoms with Gasteiger partial charge in [-0.2, -0.15) is 0 Å². The second-order valence-corrected chi connectivity index (χ2v) is 8.67. The van der Waals surface area contributed by atoms with Gasteiger partial charge >= 0.3 is 0 Å². The van der Waals surface area contributed by atoms with Crippen molar-refractivity contribution in [2.75, 3.05) is 19.5 Å². The third-order valence-electron chi connectivity index (χ3n) is 5.62. The van der Waals surface area contributed by atoms with Gasteiger partial charge in [-0.05, 0) is 66.6 Å². The van der Waals surface area contributed by atoms with Crippen LogP contribution in [0.25, 0.3) is 22.0 Å². The molecule has 1 unspecified atom stereocenters. The number of ether oxygens (including phenoxy) is 1. The fourth-order valence-corrected chi connectivity index (χ4v) is 4.42. The number of para-hydroxylation sites is 1. The van der Waals surface area contributed by atoms with Crippen molar-refractivity contribution in [3.05, 3.63) is 84.1 Å². The number of aliphatic hydroxyl groups is 1. The van der Waals surface area contributed by atoms with Gasteiger partial charge in [0.2, 0.25) is 0 Å². The van der Waals surface area contributed by atoms with E-state index in [1.807, 2.05) is 74.0 Å². The molecule has 170 valence electrons. The number of amides is 1. The number of hydrogen-bond acceptors (Lipinski definition) is 4. The first-order valence-electron chi connectivity index (χ1n) is 11.0. The first-order valence-corrected chi connectivity index (χ1v) is 12.2. The molecule has 0 bridgehead atoms. The van der Waals surface area contributed by atoms with E-state index in [1.165, 1.54) is 0 Å². The molecular formula is C27H28N2O3S. The van der Waals surface area contributed by atoms with E-state index in [-0.39, 0.29) is 12.5 Å². The van der Waals surface area contributed by atoms with Crippen molar-refractivity contribution in [3.63, 3.8) is 0 Å². The lowest BCUT2D eigenvalue weighted by Gasteiger charge is -2.18. The molecule has 5 nitrogen and oxygen atoms in total. The van der Waals surface area contributed by atoms with Crippen LogP contribution >= 0.6 is 11.8 Å². The molecule has 4 aromatic rings. The summed E-state index contributed by atoms with van der Waals surface area (Å²) in [6, 6.07) is 21.5. The number of hydrogen-bond donors (Lipinski definition) is 3. The Morgan fingerprint density at radius 3 is 2.70 bits per heavy atom. The van der Waals surface area contributed by atoms with Crippen LogP contribution in [0.4, 0.5) is 0 Å². The van der Waals surface area contributed by atoms with Crippen LogP contribution in [0.15, 0.2) is 77.8 Å². The molecule has 0 aliphatic carbocycles. The Hall–Kier alpha value is -3.22. The zero-order valence-electron chi connectivity index (χ0n) is 18.8. The fraction of sp³-hybridized carbons (Fsp3) is 0.222. The Bertz CT molecular complexity index is 1250. The van der Waals surface area contributed by atoms with Gasteiger partial charge in [-0.15, -0.1) is 11.8 Å². The van der Waals surface area contributed by atoms with Crippen molar-refractivity contribution in [2.24, 2.45) is 0 Å². The van der Waals surface area contributed by atoms with E-state index in [1.54, 1.807) is 11.8 Å². The number of benzene rings is 3. The Labute approximate surface area is 198 Å². The summed E-state index contributed by atoms with van der Waals surface area (Å²) in [6.07, 6.45) is 4.50. The summed E-state index contributed by atoms with van der Waals surface area (Å²) >= 11 is 1.68. The van der Waals surface area contributed by atoms with E-state index in [4.69, 9.17) is 4.74 Å². The average molecular weight is 461 g/mol. The van der Waals surface area contributed by atoms with E-state index in [0.29, 0.717) is 24.3 Å². The molecule has 0 saturated heterocycles. The van der Waals surface area contributed by atoms with E-state index in [0.717, 1.165) is 32.5 Å². The third kappa shape index (κ3) is 5.24. The number of aliphatic hydroxyl groups excluding tert-OH is 1. The standard InChI is InChI=1S/C27H28N2O3S/c1-3-32-26-12-11-19(18-7-6-8-22(14-18)33-2)15-24(26)27(31)29-21(17-30)13-20-16-28-25-10-5-4-9-23(20)25/h4-12,14-16,21,28,30H,3,13,17H2,1-2H3,(H,29,31). The summed E-state index contributed by atoms with van der Waals surface area (Å²) in [6.45, 7) is 2.19. The number of aromatic nitrogens is 1. The van der Waals surface area contributed by atoms with Gasteiger partial charge in [0.15, 0.2) is 0 Å². The number of rotatable bonds is 9. The summed E-state index contributed by atoms with van der Waals surface area (Å²) in [4.78, 5) is 17.7. The number of carbonyl (C=O) groups excluding carboxylic acids is 1. The topological polar surface area (TPSA) is 74.3 Å². The smallest absolute Gasteiger partial charge is 0.255 e. The van der Waals surface area contributed by atoms with E-state index < -0.39 is 6.04 Å². The maximum atomic E-state index is 13.3. The molecule has 4 rings (SSSR count). The van der Waals surface area contributed by atoms with Crippen molar-refractivity contribution in [1.82, 2.24) is 10.3 Å². The SMILES string of the molecule is CCOc1ccc(-c2cccc(SC)c2)cc1C(=O)NC(CO)Cc1c[nH]c2ccccc12. The van der Waals surface area contributed by atoms with Crippen LogP contribution in [0.1, 0.15) is 22.8 Å². The summed E-state index contributed by atoms with van der Waals surface area (Å²) < 4.78 is 5.74. The predicted octanol–water partition coefficient (Wildman–Crippen LogP) is 5.29. The largest absolute Gasteiger partial charge is 0.493 e. The number of nitrogens with one attached hydrogen (secondary N) is 2. The second-order valence-electron chi connectivity index (χ2n) is 7.79. The van der Waals surface area contributed by atoms with Gasteiger partial charge in [0.1, 0.15) is 5.75 Å². The van der Waals surface area contributed by atoms with Gasteiger partial charge in [0.25, 0.3) is 5.91 Å². The van der Waals surface area contributed by atoms with E-state index in [2.05, 4.69) is 22.4 Å². The van der Waals surface area contributed by atoms with Gasteiger partial charge < -0.3 is 20.1 Å². The minimum absolute atomic E-state index is 0.162. The van der Waals surface area contributed by atoms with Gasteiger partial charge in [0, 0.05) is 22.0 Å². The lowest BCUT2D eigenvalue weighted by molar-refractivity contribution is 0.0913. The molecule has 3 aromatic carbocycles. The average Bonchev–Trinajstić information content (AvgIpc) is 3.26. The summed E-state index contributed by atoms with van der Waals surface area (Å²) in [5.41, 5.74) is 4.53. The van der Waals surface area contributed by atoms with Crippen LogP contribution in [-0.4, -0.2) is 41.5 Å². The molecule has 1 amide bonds. The highest BCUT2D eigenvalue weighted by Crippen LogP contribution is 2.29. The molecule has 1 aromatic heterocycles. The molecule has 33 heavy (non-hydrogen) atoms. The van der Waals surface area contributed by atoms with Crippen LogP contribution in [0.2, 0.25) is 0 Å². The van der Waals surface area contributed by atoms with Crippen molar-refractivity contribution in [1.29, 1.82) is 0 Å². The number of thioether (sulfide) groups is 1. The van der Waals surface area contributed by atoms with Crippen LogP contribution in [-0.2, 0) is 6.42 Å². The lowest BCUT2D eigenvalue weighted by Crippen LogP contribution is -2.39. The molecular weight excluding hydrogens is 432 g/mol. The van der Waals surface area contributed by atoms with Gasteiger partial charge in [-0.1, -0.05) is 36.4 Å². The molecule has 0 saturated carbocycles. The van der Waals surface area contributed by atoms with Crippen LogP contribution in [0, 0.1) is 0 Å². The molecule has 1 heterocycles. The molecule has 0 aliphatic rings. The zero-order valence-corrected chi connectivity index (χ0v) is 19.6. The van der Waals surface area contributed by atoms with Crippen molar-refractivity contribution < 1.29 is 14.6 Å². The van der Waals surface area contributed by atoms with Gasteiger partial charge in [-0.3, -0.25) is 4.79 Å². The maximum Gasteiger partial charge on any atom is 0.255 e. The summed E-state index contributed by atoms with van der Waals surface area (Å²) in [5.74, 6) is 0.267. The highest BCUT2D eigenvalue weighted by atomic mass is 32.2. The van der Waals surface area contributed by atoms with Crippen molar-refractivity contribution >= 4 is 28.6 Å². The lowest BCUT2D eigenvalue weighted by atomic mass is 10.0. The summed E-state index contributed by atoms with van der Waals surface area (Å²) in [5, 5.41) is 14.1. The third-order valence-corrected chi connectivity index (χ3v) is 6.35. The Morgan fingerprint density at radius 1 is 1.09 bits per heavy atom. The Balaban J connectivity index is 1.59. The quantitative estimate of drug-likeness (QED) is 0.297. The number of carbonyl (C=O) groups is 1. The number of H-pyrrole nitrogens is 1. The maximum absolute atomic E-state index is 13.3. The predicted molar refractivity (Wildman–Crippen MR) is 135 cm³/mol. The fourth-order valence-electron chi connectivity index (χ4n) is 3.96. The number of fused-ring (bicyclic) bond motifs is 1. The van der Waals surface area contributed by atoms with E-state index in [9.17, 15) is 9.90 Å². The van der Waals surface area contributed by atoms with Crippen LogP contribution in [0.3, 0.4) is 0 Å². The van der Waals surface area contributed by atoms with Crippen molar-refractivity contribution in [2.45, 2.75) is 24.3 Å². The Kier molecular flexibility index (Phi) is 7.37. The minimum Gasteiger partial charge on any atom is -0.493 e. The van der Waals surface area contributed by atoms with Gasteiger partial charge in [-0.25, -0.2) is 0 Å². The molecule has 0 spiro atoms. The molecule has 1 atom stereocenters. The molecule has 0 radical (unpaired) electrons. The second kappa shape index (κ2) is 10.6. The van der Waals surface area contributed by atoms with Gasteiger partial charge in [0.05, 0.1) is 24.8 Å². The first-order chi connectivity index (χ1) is 16.1. The summed E-state index contributed by atoms with van der Waals surface area (Å²) in [7, 11) is 0. The zero-order chi connectivity index (χ0) is 23.2. The molecule has 0 fully saturated rings. The monoisotopic (exact) mass is 460 g/mol. The molecule has 3 N–H and O–H groups in total. The number of aromatic amines is 1. The van der Waals surface area contributed by atoms with Crippen LogP contribution < -0.4 is 10.1 Å². The van der Waals surface area contributed by atoms with Crippen LogP contribution in [0.5, 0.6) is 5.75 Å². The van der Waals surface area contributed by atoms with E-state index >= 15 is 0 Å². The molecule has 6 heteroatoms. The highest BCUT2D eigenvalue weighted by Gasteiger charge is 2.19. The minimum atomic E-state index is -0.422. The molecule has 0 aliphatic heterocycles. The Morgan fingerprint density at radius 2 is 1.91 bits per heavy atom. The highest BCUT2D eigenvalue weighted by molar-refractivity contribution is 7.98. The normalized spacial score (nSPS) is 12.0.